The van der Waals surface area contributed by atoms with E-state index in [4.69, 9.17) is 21.4 Å². The zero-order valence-electron chi connectivity index (χ0n) is 31.6. The molecule has 0 aliphatic heterocycles. The summed E-state index contributed by atoms with van der Waals surface area (Å²) in [5.41, 5.74) is 19.0. The number of anilines is 2. The molecule has 0 spiro atoms. The normalized spacial score (nSPS) is 10.6. The van der Waals surface area contributed by atoms with Gasteiger partial charge in [0.15, 0.2) is 0 Å². The van der Waals surface area contributed by atoms with Gasteiger partial charge < -0.3 is 48.5 Å². The van der Waals surface area contributed by atoms with Crippen LogP contribution in [0.4, 0.5) is 34.1 Å². The molecule has 0 unspecified atom stereocenters. The molecule has 0 bridgehead atoms. The number of benzene rings is 5. The Hall–Kier alpha value is -7.24. The molecule has 0 aromatic heterocycles. The Morgan fingerprint density at radius 1 is 0.441 bits per heavy atom. The number of carboxylic acids is 1. The van der Waals surface area contributed by atoms with Gasteiger partial charge in [0.2, 0.25) is 0 Å². The highest BCUT2D eigenvalue weighted by atomic mass is 19.4. The van der Waals surface area contributed by atoms with Gasteiger partial charge in [-0.05, 0) is 81.9 Å². The van der Waals surface area contributed by atoms with Crippen LogP contribution in [0.5, 0.6) is 0 Å². The molecule has 5 aromatic carbocycles. The Morgan fingerprint density at radius 2 is 0.695 bits per heavy atom. The maximum absolute atomic E-state index is 12.7. The number of rotatable bonds is 14. The monoisotopic (exact) mass is 812 g/mol. The number of alkyl halides is 3. The standard InChI is InChI=1S/C40H42N8O4.C2HF3O2/c41-21-27-1-5-29(6-2-27)25-45-39(51)47-35-17-9-31(10-18-35)23-43-37(49)33-13-15-34(16-14-33)38(50)44-24-32-11-19-36(20-12-32)48-40(52)46-26-30-7-3-28(22-42)4-8-30;3-2(4,5)1(6)7/h1-20H,21-26,41-42H2,(H,43,49)(H,44,50)(H2,45,47,51)(H2,46,48,52);(H,6,7). The highest BCUT2D eigenvalue weighted by Crippen LogP contribution is 2.14. The van der Waals surface area contributed by atoms with Gasteiger partial charge in [0.25, 0.3) is 11.8 Å². The number of urea groups is 2. The number of nitrogens with two attached hydrogens (primary N) is 2. The lowest BCUT2D eigenvalue weighted by atomic mass is 10.1. The van der Waals surface area contributed by atoms with Crippen molar-refractivity contribution in [1.82, 2.24) is 21.3 Å². The molecule has 14 nitrogen and oxygen atoms in total. The molecule has 0 saturated carbocycles. The maximum atomic E-state index is 12.7. The average Bonchev–Trinajstić information content (AvgIpc) is 3.24. The SMILES string of the molecule is NCc1ccc(CNC(=O)Nc2ccc(CNC(=O)c3ccc(C(=O)NCc4ccc(NC(=O)NCc5ccc(CN)cc5)cc4)cc3)cc2)cc1.O=C(O)C(F)(F)F. The van der Waals surface area contributed by atoms with Crippen molar-refractivity contribution in [1.29, 1.82) is 0 Å². The molecule has 0 heterocycles. The molecule has 5 rings (SSSR count). The van der Waals surface area contributed by atoms with Crippen LogP contribution in [0.1, 0.15) is 54.1 Å². The summed E-state index contributed by atoms with van der Waals surface area (Å²) in [7, 11) is 0. The fourth-order valence-corrected chi connectivity index (χ4v) is 5.06. The van der Waals surface area contributed by atoms with Gasteiger partial charge in [0.05, 0.1) is 0 Å². The van der Waals surface area contributed by atoms with Crippen molar-refractivity contribution in [3.05, 3.63) is 166 Å². The van der Waals surface area contributed by atoms with E-state index in [0.29, 0.717) is 48.7 Å². The van der Waals surface area contributed by atoms with Crippen LogP contribution in [0.25, 0.3) is 0 Å². The summed E-state index contributed by atoms with van der Waals surface area (Å²) in [4.78, 5) is 59.0. The van der Waals surface area contributed by atoms with Gasteiger partial charge in [-0.15, -0.1) is 0 Å². The number of carbonyl (C=O) groups is 5. The highest BCUT2D eigenvalue weighted by Gasteiger charge is 2.38. The van der Waals surface area contributed by atoms with Crippen LogP contribution in [0, 0.1) is 0 Å². The number of amides is 6. The molecule has 6 amide bonds. The summed E-state index contributed by atoms with van der Waals surface area (Å²) in [6.07, 6.45) is -5.08. The lowest BCUT2D eigenvalue weighted by molar-refractivity contribution is -0.192. The second-order valence-corrected chi connectivity index (χ2v) is 12.8. The molecule has 0 fully saturated rings. The average molecular weight is 813 g/mol. The van der Waals surface area contributed by atoms with Crippen molar-refractivity contribution in [3.8, 4) is 0 Å². The van der Waals surface area contributed by atoms with Gasteiger partial charge in [0, 0.05) is 61.8 Å². The summed E-state index contributed by atoms with van der Waals surface area (Å²) in [6.45, 7) is 2.29. The summed E-state index contributed by atoms with van der Waals surface area (Å²) in [5, 5.41) is 24.1. The first kappa shape index (κ1) is 44.5. The van der Waals surface area contributed by atoms with Gasteiger partial charge in [0.1, 0.15) is 0 Å². The Morgan fingerprint density at radius 3 is 0.966 bits per heavy atom. The molecule has 308 valence electrons. The maximum Gasteiger partial charge on any atom is 0.490 e. The second kappa shape index (κ2) is 21.9. The van der Waals surface area contributed by atoms with Crippen molar-refractivity contribution in [3.63, 3.8) is 0 Å². The quantitative estimate of drug-likeness (QED) is 0.0670. The molecule has 59 heavy (non-hydrogen) atoms. The third-order valence-corrected chi connectivity index (χ3v) is 8.41. The van der Waals surface area contributed by atoms with E-state index in [1.165, 1.54) is 0 Å². The van der Waals surface area contributed by atoms with Crippen molar-refractivity contribution in [2.45, 2.75) is 45.4 Å². The van der Waals surface area contributed by atoms with Crippen molar-refractivity contribution >= 4 is 41.2 Å². The molecule has 0 aliphatic rings. The van der Waals surface area contributed by atoms with Crippen LogP contribution in [0.2, 0.25) is 0 Å². The van der Waals surface area contributed by atoms with Crippen LogP contribution in [-0.2, 0) is 44.1 Å². The zero-order chi connectivity index (χ0) is 42.8. The van der Waals surface area contributed by atoms with Gasteiger partial charge >= 0.3 is 24.2 Å². The number of nitrogens with one attached hydrogen (secondary N) is 6. The van der Waals surface area contributed by atoms with Crippen LogP contribution < -0.4 is 43.4 Å². The van der Waals surface area contributed by atoms with Crippen LogP contribution >= 0.6 is 0 Å². The zero-order valence-corrected chi connectivity index (χ0v) is 31.6. The molecule has 5 aromatic rings. The topological polar surface area (TPSA) is 230 Å². The number of halogens is 3. The number of hydrogen-bond donors (Lipinski definition) is 9. The Bertz CT molecular complexity index is 2020. The number of aliphatic carboxylic acids is 1. The Labute approximate surface area is 337 Å². The van der Waals surface area contributed by atoms with Gasteiger partial charge in [-0.1, -0.05) is 72.8 Å². The molecule has 0 aliphatic carbocycles. The van der Waals surface area contributed by atoms with E-state index in [1.807, 2.05) is 72.8 Å². The Kier molecular flexibility index (Phi) is 16.5. The summed E-state index contributed by atoms with van der Waals surface area (Å²) in [6, 6.07) is 35.5. The van der Waals surface area contributed by atoms with E-state index in [-0.39, 0.29) is 37.0 Å². The smallest absolute Gasteiger partial charge is 0.475 e. The largest absolute Gasteiger partial charge is 0.490 e. The minimum atomic E-state index is -5.08. The first-order valence-electron chi connectivity index (χ1n) is 18.0. The predicted octanol–water partition coefficient (Wildman–Crippen LogP) is 5.74. The third kappa shape index (κ3) is 15.3. The van der Waals surface area contributed by atoms with E-state index >= 15 is 0 Å². The first-order chi connectivity index (χ1) is 28.2. The lowest BCUT2D eigenvalue weighted by Gasteiger charge is -2.10. The molecular weight excluding hydrogens is 770 g/mol. The summed E-state index contributed by atoms with van der Waals surface area (Å²) < 4.78 is 31.7. The number of hydrogen-bond acceptors (Lipinski definition) is 7. The minimum Gasteiger partial charge on any atom is -0.475 e. The third-order valence-electron chi connectivity index (χ3n) is 8.41. The molecule has 17 heteroatoms. The van der Waals surface area contributed by atoms with Gasteiger partial charge in [-0.25, -0.2) is 14.4 Å². The van der Waals surface area contributed by atoms with Crippen LogP contribution in [-0.4, -0.2) is 41.1 Å². The Balaban J connectivity index is 0.00000101. The molecular formula is C42H43F3N8O6. The number of carbonyl (C=O) groups excluding carboxylic acids is 4. The summed E-state index contributed by atoms with van der Waals surface area (Å²) in [5.74, 6) is -3.32. The van der Waals surface area contributed by atoms with E-state index in [0.717, 1.165) is 33.4 Å². The van der Waals surface area contributed by atoms with Crippen molar-refractivity contribution in [2.24, 2.45) is 11.5 Å². The van der Waals surface area contributed by atoms with E-state index in [9.17, 15) is 32.3 Å². The fourth-order valence-electron chi connectivity index (χ4n) is 5.06. The van der Waals surface area contributed by atoms with E-state index in [2.05, 4.69) is 31.9 Å². The minimum absolute atomic E-state index is 0.281. The molecule has 0 saturated heterocycles. The molecule has 11 N–H and O–H groups in total. The first-order valence-corrected chi connectivity index (χ1v) is 18.0. The van der Waals surface area contributed by atoms with E-state index < -0.39 is 12.1 Å². The highest BCUT2D eigenvalue weighted by molar-refractivity contribution is 5.98. The molecule has 0 radical (unpaired) electrons. The fraction of sp³-hybridized carbons (Fsp3) is 0.167. The van der Waals surface area contributed by atoms with Crippen LogP contribution in [0.3, 0.4) is 0 Å². The van der Waals surface area contributed by atoms with Gasteiger partial charge in [-0.3, -0.25) is 9.59 Å². The summed E-state index contributed by atoms with van der Waals surface area (Å²) >= 11 is 0. The van der Waals surface area contributed by atoms with Crippen molar-refractivity contribution < 1.29 is 42.3 Å². The van der Waals surface area contributed by atoms with Gasteiger partial charge in [-0.2, -0.15) is 13.2 Å². The lowest BCUT2D eigenvalue weighted by Crippen LogP contribution is -2.28. The number of carboxylic acid groups (broad SMARTS) is 1. The van der Waals surface area contributed by atoms with E-state index in [1.54, 1.807) is 48.5 Å². The molecule has 0 atom stereocenters. The van der Waals surface area contributed by atoms with Crippen LogP contribution in [0.15, 0.2) is 121 Å². The predicted molar refractivity (Wildman–Crippen MR) is 216 cm³/mol. The second-order valence-electron chi connectivity index (χ2n) is 12.8. The van der Waals surface area contributed by atoms with Crippen molar-refractivity contribution in [2.75, 3.05) is 10.6 Å².